The van der Waals surface area contributed by atoms with Crippen molar-refractivity contribution in [2.24, 2.45) is 5.41 Å². The molecule has 2 fully saturated rings. The van der Waals surface area contributed by atoms with Gasteiger partial charge < -0.3 is 9.64 Å². The van der Waals surface area contributed by atoms with Gasteiger partial charge in [-0.25, -0.2) is 0 Å². The minimum atomic E-state index is -0.250. The van der Waals surface area contributed by atoms with E-state index in [4.69, 9.17) is 4.74 Å². The first-order chi connectivity index (χ1) is 9.76. The molecule has 0 radical (unpaired) electrons. The van der Waals surface area contributed by atoms with Gasteiger partial charge in [-0.2, -0.15) is 0 Å². The van der Waals surface area contributed by atoms with Crippen LogP contribution in [0.25, 0.3) is 0 Å². The predicted molar refractivity (Wildman–Crippen MR) is 88.2 cm³/mol. The summed E-state index contributed by atoms with van der Waals surface area (Å²) < 4.78 is 15.6. The molecule has 1 aliphatic carbocycles. The van der Waals surface area contributed by atoms with Gasteiger partial charge in [0.25, 0.3) is 0 Å². The maximum Gasteiger partial charge on any atom is 0.0866 e. The van der Waals surface area contributed by atoms with Crippen molar-refractivity contribution >= 4 is 0 Å². The standard InChI is InChI=1S/C11H21NO.C2H5F.2C2H6/c1-13-10-11(5-6-11)9-12-7-3-2-4-8-12;1-2-3;2*1-2/h2-10H2,1H3;2H2,1H3;2*1-2H3. The number of methoxy groups -OCH3 is 1. The van der Waals surface area contributed by atoms with Crippen LogP contribution in [0.2, 0.25) is 0 Å². The second-order valence-electron chi connectivity index (χ2n) is 5.04. The van der Waals surface area contributed by atoms with Gasteiger partial charge in [-0.3, -0.25) is 4.39 Å². The molecular formula is C17H38FNO. The maximum atomic E-state index is 10.3. The minimum absolute atomic E-state index is 0.250. The van der Waals surface area contributed by atoms with Gasteiger partial charge in [0.2, 0.25) is 0 Å². The Morgan fingerprint density at radius 2 is 1.45 bits per heavy atom. The molecule has 0 amide bonds. The third-order valence-electron chi connectivity index (χ3n) is 3.42. The molecule has 0 spiro atoms. The number of hydrogen-bond acceptors (Lipinski definition) is 2. The number of hydrogen-bond donors (Lipinski definition) is 0. The van der Waals surface area contributed by atoms with Crippen molar-refractivity contribution in [2.45, 2.75) is 66.7 Å². The Labute approximate surface area is 127 Å². The van der Waals surface area contributed by atoms with Crippen molar-refractivity contribution < 1.29 is 9.13 Å². The van der Waals surface area contributed by atoms with E-state index < -0.39 is 0 Å². The third-order valence-corrected chi connectivity index (χ3v) is 3.42. The van der Waals surface area contributed by atoms with Crippen LogP contribution in [-0.2, 0) is 4.74 Å². The Bertz CT molecular complexity index is 178. The number of piperidine rings is 1. The van der Waals surface area contributed by atoms with Gasteiger partial charge in [-0.05, 0) is 45.7 Å². The van der Waals surface area contributed by atoms with Crippen LogP contribution in [0.15, 0.2) is 0 Å². The molecule has 1 heterocycles. The van der Waals surface area contributed by atoms with Crippen molar-refractivity contribution in [1.82, 2.24) is 4.90 Å². The predicted octanol–water partition coefficient (Wildman–Crippen LogP) is 4.93. The highest BCUT2D eigenvalue weighted by Crippen LogP contribution is 2.46. The molecule has 0 bridgehead atoms. The number of rotatable bonds is 4. The molecule has 2 aliphatic rings. The lowest BCUT2D eigenvalue weighted by atomic mass is 10.1. The second kappa shape index (κ2) is 15.2. The van der Waals surface area contributed by atoms with Gasteiger partial charge in [-0.15, -0.1) is 0 Å². The third kappa shape index (κ3) is 10.6. The quantitative estimate of drug-likeness (QED) is 0.728. The summed E-state index contributed by atoms with van der Waals surface area (Å²) in [5.74, 6) is 0. The van der Waals surface area contributed by atoms with Crippen LogP contribution in [0.1, 0.15) is 66.7 Å². The zero-order chi connectivity index (χ0) is 15.9. The average Bonchev–Trinajstić information content (AvgIpc) is 3.25. The summed E-state index contributed by atoms with van der Waals surface area (Å²) in [7, 11) is 1.83. The van der Waals surface area contributed by atoms with Gasteiger partial charge in [0.1, 0.15) is 0 Å². The fourth-order valence-electron chi connectivity index (χ4n) is 2.42. The zero-order valence-corrected chi connectivity index (χ0v) is 14.8. The molecule has 124 valence electrons. The molecule has 20 heavy (non-hydrogen) atoms. The van der Waals surface area contributed by atoms with Crippen LogP contribution in [0.5, 0.6) is 0 Å². The summed E-state index contributed by atoms with van der Waals surface area (Å²) in [6.45, 7) is 14.1. The number of halogens is 1. The Kier molecular flexibility index (Phi) is 16.9. The van der Waals surface area contributed by atoms with E-state index in [0.29, 0.717) is 5.41 Å². The van der Waals surface area contributed by atoms with Gasteiger partial charge in [-0.1, -0.05) is 34.1 Å². The van der Waals surface area contributed by atoms with Crippen LogP contribution < -0.4 is 0 Å². The first-order valence-corrected chi connectivity index (χ1v) is 8.53. The first kappa shape index (κ1) is 22.1. The Hall–Kier alpha value is -0.150. The molecule has 0 unspecified atom stereocenters. The van der Waals surface area contributed by atoms with E-state index in [9.17, 15) is 4.39 Å². The largest absolute Gasteiger partial charge is 0.384 e. The van der Waals surface area contributed by atoms with Crippen LogP contribution in [0, 0.1) is 5.41 Å². The van der Waals surface area contributed by atoms with E-state index in [1.807, 2.05) is 34.8 Å². The summed E-state index contributed by atoms with van der Waals surface area (Å²) in [6.07, 6.45) is 7.02. The molecular weight excluding hydrogens is 253 g/mol. The van der Waals surface area contributed by atoms with Gasteiger partial charge >= 0.3 is 0 Å². The molecule has 3 heteroatoms. The number of ether oxygens (including phenoxy) is 1. The van der Waals surface area contributed by atoms with Crippen molar-refractivity contribution in [1.29, 1.82) is 0 Å². The highest BCUT2D eigenvalue weighted by atomic mass is 19.1. The van der Waals surface area contributed by atoms with Crippen LogP contribution >= 0.6 is 0 Å². The van der Waals surface area contributed by atoms with Crippen LogP contribution in [0.4, 0.5) is 4.39 Å². The molecule has 0 aromatic carbocycles. The summed E-state index contributed by atoms with van der Waals surface area (Å²) in [5.41, 5.74) is 0.562. The van der Waals surface area contributed by atoms with Crippen LogP contribution in [-0.4, -0.2) is 44.9 Å². The lowest BCUT2D eigenvalue weighted by molar-refractivity contribution is 0.1000. The molecule has 0 aromatic rings. The summed E-state index contributed by atoms with van der Waals surface area (Å²) >= 11 is 0. The highest BCUT2D eigenvalue weighted by Gasteiger charge is 2.43. The Morgan fingerprint density at radius 1 is 1.00 bits per heavy atom. The lowest BCUT2D eigenvalue weighted by Gasteiger charge is -2.30. The van der Waals surface area contributed by atoms with Crippen molar-refractivity contribution in [3.8, 4) is 0 Å². The smallest absolute Gasteiger partial charge is 0.0866 e. The fourth-order valence-corrected chi connectivity index (χ4v) is 2.42. The summed E-state index contributed by atoms with van der Waals surface area (Å²) in [4.78, 5) is 2.63. The molecule has 1 saturated heterocycles. The highest BCUT2D eigenvalue weighted by molar-refractivity contribution is 4.95. The molecule has 2 rings (SSSR count). The van der Waals surface area contributed by atoms with Crippen molar-refractivity contribution in [3.05, 3.63) is 0 Å². The van der Waals surface area contributed by atoms with E-state index in [0.717, 1.165) is 6.61 Å². The SMILES string of the molecule is CC.CC.CCF.COCC1(CN2CCCCC2)CC1. The minimum Gasteiger partial charge on any atom is -0.384 e. The molecule has 0 N–H and O–H groups in total. The van der Waals surface area contributed by atoms with E-state index >= 15 is 0 Å². The topological polar surface area (TPSA) is 12.5 Å². The van der Waals surface area contributed by atoms with E-state index in [1.54, 1.807) is 0 Å². The Balaban J connectivity index is 0. The van der Waals surface area contributed by atoms with Gasteiger partial charge in [0, 0.05) is 19.1 Å². The Morgan fingerprint density at radius 3 is 1.80 bits per heavy atom. The van der Waals surface area contributed by atoms with E-state index in [-0.39, 0.29) is 6.67 Å². The van der Waals surface area contributed by atoms with E-state index in [2.05, 4.69) is 4.90 Å². The monoisotopic (exact) mass is 291 g/mol. The maximum absolute atomic E-state index is 10.3. The molecule has 2 nitrogen and oxygen atoms in total. The normalized spacial score (nSPS) is 19.4. The van der Waals surface area contributed by atoms with Gasteiger partial charge in [0.05, 0.1) is 13.3 Å². The van der Waals surface area contributed by atoms with Crippen LogP contribution in [0.3, 0.4) is 0 Å². The lowest BCUT2D eigenvalue weighted by Crippen LogP contribution is -2.36. The molecule has 1 saturated carbocycles. The fraction of sp³-hybridized carbons (Fsp3) is 1.00. The average molecular weight is 291 g/mol. The van der Waals surface area contributed by atoms with Crippen molar-refractivity contribution in [2.75, 3.05) is 40.0 Å². The van der Waals surface area contributed by atoms with Crippen molar-refractivity contribution in [3.63, 3.8) is 0 Å². The molecule has 0 atom stereocenters. The van der Waals surface area contributed by atoms with Gasteiger partial charge in [0.15, 0.2) is 0 Å². The summed E-state index contributed by atoms with van der Waals surface area (Å²) in [5, 5.41) is 0. The number of alkyl halides is 1. The molecule has 1 aliphatic heterocycles. The molecule has 0 aromatic heterocycles. The summed E-state index contributed by atoms with van der Waals surface area (Å²) in [6, 6.07) is 0. The second-order valence-corrected chi connectivity index (χ2v) is 5.04. The van der Waals surface area contributed by atoms with E-state index in [1.165, 1.54) is 58.7 Å². The number of nitrogens with zero attached hydrogens (tertiary/aromatic N) is 1. The number of likely N-dealkylation sites (tertiary alicyclic amines) is 1. The zero-order valence-electron chi connectivity index (χ0n) is 14.8. The first-order valence-electron chi connectivity index (χ1n) is 8.53.